The van der Waals surface area contributed by atoms with Gasteiger partial charge >= 0.3 is 0 Å². The maximum absolute atomic E-state index is 12.9. The molecule has 3 unspecified atom stereocenters. The molecule has 0 spiro atoms. The number of rotatable bonds is 44. The number of hydrogen-bond donors (Lipinski definition) is 2. The van der Waals surface area contributed by atoms with Gasteiger partial charge in [-0.1, -0.05) is 199 Å². The maximum Gasteiger partial charge on any atom is 0.268 e. The Morgan fingerprint density at radius 3 is 1.46 bits per heavy atom. The summed E-state index contributed by atoms with van der Waals surface area (Å²) in [4.78, 5) is 25.4. The van der Waals surface area contributed by atoms with E-state index >= 15 is 0 Å². The molecule has 0 saturated heterocycles. The molecule has 2 N–H and O–H groups in total. The maximum atomic E-state index is 12.9. The van der Waals surface area contributed by atoms with E-state index in [2.05, 4.69) is 43.5 Å². The lowest BCUT2D eigenvalue weighted by molar-refractivity contribution is -0.870. The van der Waals surface area contributed by atoms with E-state index in [-0.39, 0.29) is 19.1 Å². The molecule has 0 aliphatic heterocycles. The first-order valence-electron chi connectivity index (χ1n) is 24.2. The van der Waals surface area contributed by atoms with Gasteiger partial charge in [0.25, 0.3) is 7.82 Å². The van der Waals surface area contributed by atoms with Crippen molar-refractivity contribution >= 4 is 13.7 Å². The summed E-state index contributed by atoms with van der Waals surface area (Å²) < 4.78 is 23.3. The van der Waals surface area contributed by atoms with Gasteiger partial charge in [0.15, 0.2) is 0 Å². The van der Waals surface area contributed by atoms with E-state index < -0.39 is 20.0 Å². The van der Waals surface area contributed by atoms with Gasteiger partial charge in [-0.15, -0.1) is 0 Å². The van der Waals surface area contributed by atoms with E-state index in [1.807, 2.05) is 21.1 Å². The van der Waals surface area contributed by atoms with Crippen LogP contribution in [0, 0.1) is 0 Å². The summed E-state index contributed by atoms with van der Waals surface area (Å²) in [5, 5.41) is 13.9. The van der Waals surface area contributed by atoms with Crippen LogP contribution in [0.5, 0.6) is 0 Å². The number of likely N-dealkylation sites (N-methyl/N-ethyl adjacent to an activating group) is 1. The van der Waals surface area contributed by atoms with E-state index in [0.29, 0.717) is 23.9 Å². The number of carbonyl (C=O) groups excluding carboxylic acids is 1. The average molecular weight is 827 g/mol. The van der Waals surface area contributed by atoms with Gasteiger partial charge in [0, 0.05) is 6.42 Å². The second kappa shape index (κ2) is 40.4. The quantitative estimate of drug-likeness (QED) is 0.0274. The summed E-state index contributed by atoms with van der Waals surface area (Å²) in [7, 11) is 1.30. The smallest absolute Gasteiger partial charge is 0.268 e. The molecule has 9 heteroatoms. The fraction of sp³-hybridized carbons (Fsp3) is 0.896. The third kappa shape index (κ3) is 42.9. The van der Waals surface area contributed by atoms with Gasteiger partial charge in [-0.3, -0.25) is 9.36 Å². The summed E-state index contributed by atoms with van der Waals surface area (Å²) in [6, 6.07) is -0.802. The number of carbonyl (C=O) groups is 1. The Kier molecular flexibility index (Phi) is 39.7. The highest BCUT2D eigenvalue weighted by molar-refractivity contribution is 7.45. The largest absolute Gasteiger partial charge is 0.756 e. The number of quaternary nitrogens is 1. The molecular weight excluding hydrogens is 732 g/mol. The molecule has 0 rings (SSSR count). The minimum Gasteiger partial charge on any atom is -0.756 e. The molecule has 1 amide bonds. The number of allylic oxidation sites excluding steroid dienone is 4. The first-order chi connectivity index (χ1) is 27.5. The van der Waals surface area contributed by atoms with Crippen molar-refractivity contribution in [2.24, 2.45) is 0 Å². The molecule has 338 valence electrons. The van der Waals surface area contributed by atoms with Gasteiger partial charge in [0.1, 0.15) is 13.2 Å². The van der Waals surface area contributed by atoms with Crippen LogP contribution in [0.1, 0.15) is 226 Å². The molecule has 0 radical (unpaired) electrons. The molecule has 57 heavy (non-hydrogen) atoms. The lowest BCUT2D eigenvalue weighted by Gasteiger charge is -2.30. The Morgan fingerprint density at radius 2 is 1.02 bits per heavy atom. The number of phosphoric acid groups is 1. The van der Waals surface area contributed by atoms with Crippen molar-refractivity contribution in [3.63, 3.8) is 0 Å². The average Bonchev–Trinajstić information content (AvgIpc) is 3.16. The fourth-order valence-corrected chi connectivity index (χ4v) is 7.79. The van der Waals surface area contributed by atoms with E-state index in [4.69, 9.17) is 9.05 Å². The van der Waals surface area contributed by atoms with Crippen LogP contribution >= 0.6 is 7.82 Å². The SMILES string of the molecule is CCCCCCCCCCC/C=C\C/C=C\CCCCCCCCCC(=O)NC(COP(=O)([O-])OCC[N+](C)(C)C)C(O)CCCCCCCCCCCCCC. The summed E-state index contributed by atoms with van der Waals surface area (Å²) >= 11 is 0. The van der Waals surface area contributed by atoms with Crippen molar-refractivity contribution in [3.8, 4) is 0 Å². The van der Waals surface area contributed by atoms with Crippen LogP contribution in [-0.4, -0.2) is 68.5 Å². The number of aliphatic hydroxyl groups is 1. The highest BCUT2D eigenvalue weighted by atomic mass is 31.2. The second-order valence-electron chi connectivity index (χ2n) is 17.8. The van der Waals surface area contributed by atoms with Crippen molar-refractivity contribution in [2.45, 2.75) is 238 Å². The number of phosphoric ester groups is 1. The number of amides is 1. The van der Waals surface area contributed by atoms with Crippen molar-refractivity contribution in [2.75, 3.05) is 40.9 Å². The first-order valence-corrected chi connectivity index (χ1v) is 25.6. The monoisotopic (exact) mass is 827 g/mol. The molecule has 3 atom stereocenters. The lowest BCUT2D eigenvalue weighted by Crippen LogP contribution is -2.46. The van der Waals surface area contributed by atoms with Crippen LogP contribution in [0.15, 0.2) is 24.3 Å². The molecule has 0 bridgehead atoms. The lowest BCUT2D eigenvalue weighted by atomic mass is 10.0. The summed E-state index contributed by atoms with van der Waals surface area (Å²) in [5.41, 5.74) is 0. The third-order valence-corrected chi connectivity index (χ3v) is 11.9. The molecule has 0 fully saturated rings. The van der Waals surface area contributed by atoms with Crippen LogP contribution in [0.25, 0.3) is 0 Å². The number of aliphatic hydroxyl groups excluding tert-OH is 1. The van der Waals surface area contributed by atoms with Crippen molar-refractivity contribution < 1.29 is 32.9 Å². The van der Waals surface area contributed by atoms with Gasteiger partial charge in [-0.05, 0) is 44.9 Å². The molecule has 0 saturated carbocycles. The zero-order chi connectivity index (χ0) is 42.1. The number of hydrogen-bond acceptors (Lipinski definition) is 6. The van der Waals surface area contributed by atoms with Crippen LogP contribution in [-0.2, 0) is 18.4 Å². The van der Waals surface area contributed by atoms with Gasteiger partial charge in [0.2, 0.25) is 5.91 Å². The third-order valence-electron chi connectivity index (χ3n) is 10.9. The van der Waals surface area contributed by atoms with Crippen LogP contribution in [0.2, 0.25) is 0 Å². The zero-order valence-electron chi connectivity index (χ0n) is 38.3. The Labute approximate surface area is 354 Å². The topological polar surface area (TPSA) is 108 Å². The Bertz CT molecular complexity index is 984. The molecule has 8 nitrogen and oxygen atoms in total. The van der Waals surface area contributed by atoms with E-state index in [1.165, 1.54) is 148 Å². The standard InChI is InChI=1S/C48H95N2O6P/c1-6-8-10-12-14-16-18-20-21-22-23-24-25-26-27-28-29-30-32-34-36-38-40-42-48(52)49-46(45-56-57(53,54)55-44-43-50(3,4)5)47(51)41-39-37-35-33-31-19-17-15-13-11-9-7-2/h23-24,26-27,46-47,51H,6-22,25,28-45H2,1-5H3,(H-,49,52,53,54)/b24-23-,27-26-. The molecule has 0 aliphatic rings. The van der Waals surface area contributed by atoms with E-state index in [1.54, 1.807) is 0 Å². The number of nitrogens with one attached hydrogen (secondary N) is 1. The van der Waals surface area contributed by atoms with Gasteiger partial charge in [-0.25, -0.2) is 0 Å². The normalized spacial score (nSPS) is 14.4. The Morgan fingerprint density at radius 1 is 0.614 bits per heavy atom. The zero-order valence-corrected chi connectivity index (χ0v) is 39.2. The summed E-state index contributed by atoms with van der Waals surface area (Å²) in [5.74, 6) is -0.172. The predicted octanol–water partition coefficient (Wildman–Crippen LogP) is 13.1. The van der Waals surface area contributed by atoms with Crippen molar-refractivity contribution in [1.82, 2.24) is 5.32 Å². The highest BCUT2D eigenvalue weighted by Crippen LogP contribution is 2.38. The molecular formula is C48H95N2O6P. The molecule has 0 aromatic rings. The predicted molar refractivity (Wildman–Crippen MR) is 242 cm³/mol. The van der Waals surface area contributed by atoms with Crippen LogP contribution in [0.4, 0.5) is 0 Å². The Hall–Kier alpha value is -1.02. The summed E-state index contributed by atoms with van der Waals surface area (Å²) in [6.45, 7) is 4.71. The molecule has 0 heterocycles. The molecule has 0 aliphatic carbocycles. The van der Waals surface area contributed by atoms with Crippen molar-refractivity contribution in [3.05, 3.63) is 24.3 Å². The Balaban J connectivity index is 4.24. The van der Waals surface area contributed by atoms with E-state index in [0.717, 1.165) is 51.4 Å². The first kappa shape index (κ1) is 56.0. The van der Waals surface area contributed by atoms with Crippen LogP contribution < -0.4 is 10.2 Å². The van der Waals surface area contributed by atoms with E-state index in [9.17, 15) is 19.4 Å². The van der Waals surface area contributed by atoms with Crippen molar-refractivity contribution in [1.29, 1.82) is 0 Å². The van der Waals surface area contributed by atoms with Gasteiger partial charge in [0.05, 0.1) is 39.9 Å². The highest BCUT2D eigenvalue weighted by Gasteiger charge is 2.24. The molecule has 0 aromatic heterocycles. The fourth-order valence-electron chi connectivity index (χ4n) is 7.07. The number of nitrogens with zero attached hydrogens (tertiary/aromatic N) is 1. The second-order valence-corrected chi connectivity index (χ2v) is 19.2. The van der Waals surface area contributed by atoms with Gasteiger partial charge in [-0.2, -0.15) is 0 Å². The minimum absolute atomic E-state index is 0.0110. The minimum atomic E-state index is -4.56. The summed E-state index contributed by atoms with van der Waals surface area (Å²) in [6.07, 6.45) is 47.6. The molecule has 0 aromatic carbocycles. The van der Waals surface area contributed by atoms with Crippen LogP contribution in [0.3, 0.4) is 0 Å². The van der Waals surface area contributed by atoms with Gasteiger partial charge < -0.3 is 28.8 Å². The number of unbranched alkanes of at least 4 members (excludes halogenated alkanes) is 27.